The van der Waals surface area contributed by atoms with Crippen molar-refractivity contribution in [3.05, 3.63) is 29.8 Å². The molecule has 0 aliphatic rings. The fraction of sp³-hybridized carbons (Fsp3) is 0.462. The summed E-state index contributed by atoms with van der Waals surface area (Å²) in [5.41, 5.74) is 0.477. The number of benzene rings is 1. The highest BCUT2D eigenvalue weighted by molar-refractivity contribution is 5.92. The summed E-state index contributed by atoms with van der Waals surface area (Å²) >= 11 is 0. The highest BCUT2D eigenvalue weighted by Gasteiger charge is 2.15. The van der Waals surface area contributed by atoms with Crippen molar-refractivity contribution in [1.82, 2.24) is 0 Å². The third-order valence-corrected chi connectivity index (χ3v) is 1.81. The maximum atomic E-state index is 11.8. The monoisotopic (exact) mass is 252 g/mol. The number of carbonyl (C=O) groups is 1. The Morgan fingerprint density at radius 1 is 1.06 bits per heavy atom. The SMILES string of the molecule is CC(C)OC(=O)c1ccccc1OC(C)C.[AlH3]. The first-order valence-electron chi connectivity index (χ1n) is 5.47. The third kappa shape index (κ3) is 5.25. The van der Waals surface area contributed by atoms with Crippen LogP contribution < -0.4 is 4.74 Å². The summed E-state index contributed by atoms with van der Waals surface area (Å²) in [7, 11) is 0. The van der Waals surface area contributed by atoms with Gasteiger partial charge in [0.05, 0.1) is 12.2 Å². The number of hydrogen-bond donors (Lipinski definition) is 0. The van der Waals surface area contributed by atoms with Crippen molar-refractivity contribution in [2.75, 3.05) is 0 Å². The Kier molecular flexibility index (Phi) is 6.94. The van der Waals surface area contributed by atoms with E-state index >= 15 is 0 Å². The predicted molar refractivity (Wildman–Crippen MR) is 72.7 cm³/mol. The van der Waals surface area contributed by atoms with Crippen molar-refractivity contribution < 1.29 is 14.3 Å². The third-order valence-electron chi connectivity index (χ3n) is 1.81. The second kappa shape index (κ2) is 7.37. The molecule has 0 amide bonds. The molecule has 0 spiro atoms. The fourth-order valence-electron chi connectivity index (χ4n) is 1.27. The number of para-hydroxylation sites is 1. The summed E-state index contributed by atoms with van der Waals surface area (Å²) in [5.74, 6) is 0.231. The first-order valence-corrected chi connectivity index (χ1v) is 5.47. The van der Waals surface area contributed by atoms with Gasteiger partial charge in [0.25, 0.3) is 0 Å². The molecule has 0 radical (unpaired) electrons. The highest BCUT2D eigenvalue weighted by atomic mass is 27.0. The molecular weight excluding hydrogens is 231 g/mol. The van der Waals surface area contributed by atoms with Crippen LogP contribution in [0, 0.1) is 0 Å². The van der Waals surface area contributed by atoms with Gasteiger partial charge in [-0.1, -0.05) is 12.1 Å². The van der Waals surface area contributed by atoms with Crippen molar-refractivity contribution in [1.29, 1.82) is 0 Å². The van der Waals surface area contributed by atoms with Crippen LogP contribution in [0.1, 0.15) is 38.1 Å². The van der Waals surface area contributed by atoms with Crippen molar-refractivity contribution in [3.63, 3.8) is 0 Å². The van der Waals surface area contributed by atoms with E-state index in [1.54, 1.807) is 18.2 Å². The molecule has 0 saturated carbocycles. The van der Waals surface area contributed by atoms with Gasteiger partial charge in [-0.05, 0) is 39.8 Å². The summed E-state index contributed by atoms with van der Waals surface area (Å²) in [4.78, 5) is 11.8. The van der Waals surface area contributed by atoms with Crippen molar-refractivity contribution in [2.45, 2.75) is 39.9 Å². The Hall–Kier alpha value is -0.978. The molecule has 0 aromatic heterocycles. The lowest BCUT2D eigenvalue weighted by molar-refractivity contribution is 0.0372. The smallest absolute Gasteiger partial charge is 0.342 e. The summed E-state index contributed by atoms with van der Waals surface area (Å²) in [5, 5.41) is 0. The van der Waals surface area contributed by atoms with Crippen LogP contribution in [0.5, 0.6) is 5.75 Å². The first-order chi connectivity index (χ1) is 7.50. The van der Waals surface area contributed by atoms with E-state index in [0.29, 0.717) is 11.3 Å². The molecule has 0 fully saturated rings. The van der Waals surface area contributed by atoms with Gasteiger partial charge >= 0.3 is 5.97 Å². The molecular formula is C13H21AlO3. The molecule has 1 aromatic carbocycles. The Morgan fingerprint density at radius 3 is 2.18 bits per heavy atom. The molecule has 0 bridgehead atoms. The highest BCUT2D eigenvalue weighted by Crippen LogP contribution is 2.20. The van der Waals surface area contributed by atoms with Crippen LogP contribution in [0.3, 0.4) is 0 Å². The number of carbonyl (C=O) groups excluding carboxylic acids is 1. The van der Waals surface area contributed by atoms with E-state index < -0.39 is 0 Å². The average molecular weight is 252 g/mol. The minimum Gasteiger partial charge on any atom is -0.490 e. The van der Waals surface area contributed by atoms with Crippen LogP contribution in [0.4, 0.5) is 0 Å². The van der Waals surface area contributed by atoms with Gasteiger partial charge in [-0.2, -0.15) is 0 Å². The van der Waals surface area contributed by atoms with Crippen molar-refractivity contribution >= 4 is 23.3 Å². The van der Waals surface area contributed by atoms with Gasteiger partial charge < -0.3 is 9.47 Å². The molecule has 0 heterocycles. The zero-order valence-electron chi connectivity index (χ0n) is 10.2. The molecule has 4 heteroatoms. The minimum atomic E-state index is -0.341. The van der Waals surface area contributed by atoms with Crippen LogP contribution >= 0.6 is 0 Å². The molecule has 94 valence electrons. The quantitative estimate of drug-likeness (QED) is 0.606. The van der Waals surface area contributed by atoms with E-state index in [-0.39, 0.29) is 35.5 Å². The van der Waals surface area contributed by atoms with E-state index in [9.17, 15) is 4.79 Å². The molecule has 1 rings (SSSR count). The van der Waals surface area contributed by atoms with Gasteiger partial charge in [0.1, 0.15) is 11.3 Å². The van der Waals surface area contributed by atoms with Crippen LogP contribution in [0.25, 0.3) is 0 Å². The van der Waals surface area contributed by atoms with E-state index in [1.165, 1.54) is 0 Å². The summed E-state index contributed by atoms with van der Waals surface area (Å²) in [6.07, 6.45) is -0.0902. The van der Waals surface area contributed by atoms with Gasteiger partial charge in [-0.25, -0.2) is 4.79 Å². The molecule has 0 atom stereocenters. The average Bonchev–Trinajstić information content (AvgIpc) is 2.16. The Labute approximate surface area is 113 Å². The van der Waals surface area contributed by atoms with Gasteiger partial charge in [0.2, 0.25) is 0 Å². The Bertz CT molecular complexity index is 361. The van der Waals surface area contributed by atoms with Gasteiger partial charge in [0, 0.05) is 0 Å². The maximum Gasteiger partial charge on any atom is 0.342 e. The summed E-state index contributed by atoms with van der Waals surface area (Å²) in [6.45, 7) is 7.49. The van der Waals surface area contributed by atoms with Gasteiger partial charge in [-0.3, -0.25) is 0 Å². The van der Waals surface area contributed by atoms with E-state index in [4.69, 9.17) is 9.47 Å². The lowest BCUT2D eigenvalue weighted by atomic mass is 10.2. The van der Waals surface area contributed by atoms with Crippen LogP contribution in [-0.4, -0.2) is 35.5 Å². The summed E-state index contributed by atoms with van der Waals surface area (Å²) < 4.78 is 10.7. The maximum absolute atomic E-state index is 11.8. The number of hydrogen-bond acceptors (Lipinski definition) is 3. The number of esters is 1. The molecule has 17 heavy (non-hydrogen) atoms. The van der Waals surface area contributed by atoms with Crippen LogP contribution in [-0.2, 0) is 4.74 Å². The second-order valence-electron chi connectivity index (χ2n) is 4.12. The second-order valence-corrected chi connectivity index (χ2v) is 4.12. The lowest BCUT2D eigenvalue weighted by Crippen LogP contribution is -2.14. The minimum absolute atomic E-state index is 0. The molecule has 0 saturated heterocycles. The number of ether oxygens (including phenoxy) is 2. The van der Waals surface area contributed by atoms with E-state index in [2.05, 4.69) is 0 Å². The van der Waals surface area contributed by atoms with Crippen LogP contribution in [0.2, 0.25) is 0 Å². The molecule has 3 nitrogen and oxygen atoms in total. The zero-order chi connectivity index (χ0) is 12.1. The molecule has 0 N–H and O–H groups in total. The first kappa shape index (κ1) is 16.0. The topological polar surface area (TPSA) is 35.5 Å². The van der Waals surface area contributed by atoms with Crippen molar-refractivity contribution in [3.8, 4) is 5.75 Å². The summed E-state index contributed by atoms with van der Waals surface area (Å²) in [6, 6.07) is 7.12. The van der Waals surface area contributed by atoms with Gasteiger partial charge in [0.15, 0.2) is 17.4 Å². The molecule has 0 unspecified atom stereocenters. The molecule has 1 aromatic rings. The van der Waals surface area contributed by atoms with Gasteiger partial charge in [-0.15, -0.1) is 0 Å². The zero-order valence-corrected chi connectivity index (χ0v) is 10.2. The van der Waals surface area contributed by atoms with E-state index in [1.807, 2.05) is 33.8 Å². The predicted octanol–water partition coefficient (Wildman–Crippen LogP) is 1.86. The lowest BCUT2D eigenvalue weighted by Gasteiger charge is -2.14. The normalized spacial score (nSPS) is 10.0. The largest absolute Gasteiger partial charge is 0.490 e. The number of rotatable bonds is 4. The van der Waals surface area contributed by atoms with Crippen LogP contribution in [0.15, 0.2) is 24.3 Å². The van der Waals surface area contributed by atoms with E-state index in [0.717, 1.165) is 0 Å². The molecule has 0 aliphatic heterocycles. The Balaban J connectivity index is 0.00000256. The standard InChI is InChI=1S/C13H18O3.Al.3H/c1-9(2)15-12-8-6-5-7-11(12)13(14)16-10(3)4;;;;/h5-10H,1-4H3;;;;. The fourth-order valence-corrected chi connectivity index (χ4v) is 1.27. The molecule has 0 aliphatic carbocycles. The van der Waals surface area contributed by atoms with Crippen molar-refractivity contribution in [2.24, 2.45) is 0 Å². The Morgan fingerprint density at radius 2 is 1.65 bits per heavy atom.